The summed E-state index contributed by atoms with van der Waals surface area (Å²) in [6, 6.07) is 15.2. The number of carbonyl (C=O) groups excluding carboxylic acids is 1. The van der Waals surface area contributed by atoms with Gasteiger partial charge in [-0.05, 0) is 42.7 Å². The number of para-hydroxylation sites is 2. The monoisotopic (exact) mass is 399 g/mol. The van der Waals surface area contributed by atoms with Gasteiger partial charge in [-0.25, -0.2) is 19.6 Å². The fourth-order valence-corrected chi connectivity index (χ4v) is 3.67. The average molecular weight is 399 g/mol. The summed E-state index contributed by atoms with van der Waals surface area (Å²) in [7, 11) is 0. The molecule has 1 N–H and O–H groups in total. The number of rotatable bonds is 5. The highest BCUT2D eigenvalue weighted by molar-refractivity contribution is 6.05. The molecule has 2 aromatic heterocycles. The van der Waals surface area contributed by atoms with E-state index in [1.165, 1.54) is 6.33 Å². The second-order valence-corrected chi connectivity index (χ2v) is 7.32. The third-order valence-electron chi connectivity index (χ3n) is 5.22. The van der Waals surface area contributed by atoms with Crippen molar-refractivity contribution in [3.8, 4) is 0 Å². The number of carbonyl (C=O) groups is 1. The number of benzene rings is 2. The Kier molecular flexibility index (Phi) is 4.80. The molecule has 8 heteroatoms. The lowest BCUT2D eigenvalue weighted by Crippen LogP contribution is -2.23. The predicted molar refractivity (Wildman–Crippen MR) is 115 cm³/mol. The van der Waals surface area contributed by atoms with E-state index in [-0.39, 0.29) is 5.91 Å². The molecule has 0 aliphatic carbocycles. The van der Waals surface area contributed by atoms with Crippen molar-refractivity contribution in [2.45, 2.75) is 19.4 Å². The molecular weight excluding hydrogens is 378 g/mol. The van der Waals surface area contributed by atoms with Crippen LogP contribution < -0.4 is 10.2 Å². The molecular formula is C22H21N7O. The second-order valence-electron chi connectivity index (χ2n) is 7.32. The van der Waals surface area contributed by atoms with Crippen molar-refractivity contribution in [1.82, 2.24) is 24.7 Å². The van der Waals surface area contributed by atoms with E-state index >= 15 is 0 Å². The SMILES string of the molecule is O=C(Nc1nc2ccccc2nc1N1CCCC1)c1ccc(Cn2cncn2)cc1. The van der Waals surface area contributed by atoms with Gasteiger partial charge in [0.2, 0.25) is 0 Å². The number of anilines is 2. The van der Waals surface area contributed by atoms with Crippen LogP contribution in [0.5, 0.6) is 0 Å². The van der Waals surface area contributed by atoms with E-state index in [0.717, 1.165) is 48.3 Å². The van der Waals surface area contributed by atoms with Gasteiger partial charge in [-0.1, -0.05) is 24.3 Å². The number of fused-ring (bicyclic) bond motifs is 1. The number of aromatic nitrogens is 5. The van der Waals surface area contributed by atoms with Gasteiger partial charge in [0, 0.05) is 18.7 Å². The largest absolute Gasteiger partial charge is 0.354 e. The van der Waals surface area contributed by atoms with Crippen LogP contribution in [0.25, 0.3) is 11.0 Å². The van der Waals surface area contributed by atoms with Gasteiger partial charge < -0.3 is 10.2 Å². The summed E-state index contributed by atoms with van der Waals surface area (Å²) in [6.45, 7) is 2.46. The van der Waals surface area contributed by atoms with Gasteiger partial charge in [0.1, 0.15) is 12.7 Å². The maximum atomic E-state index is 12.9. The number of nitrogens with one attached hydrogen (secondary N) is 1. The topological polar surface area (TPSA) is 88.8 Å². The van der Waals surface area contributed by atoms with Gasteiger partial charge >= 0.3 is 0 Å². The van der Waals surface area contributed by atoms with Crippen molar-refractivity contribution >= 4 is 28.6 Å². The summed E-state index contributed by atoms with van der Waals surface area (Å²) in [5.74, 6) is 1.04. The molecule has 30 heavy (non-hydrogen) atoms. The van der Waals surface area contributed by atoms with Crippen molar-refractivity contribution in [3.63, 3.8) is 0 Å². The molecule has 0 saturated carbocycles. The number of hydrogen-bond donors (Lipinski definition) is 1. The fourth-order valence-electron chi connectivity index (χ4n) is 3.67. The first-order chi connectivity index (χ1) is 14.8. The minimum absolute atomic E-state index is 0.202. The summed E-state index contributed by atoms with van der Waals surface area (Å²) in [4.78, 5) is 28.5. The van der Waals surface area contributed by atoms with Crippen LogP contribution in [-0.4, -0.2) is 43.7 Å². The average Bonchev–Trinajstić information content (AvgIpc) is 3.48. The van der Waals surface area contributed by atoms with E-state index in [1.807, 2.05) is 48.5 Å². The fraction of sp³-hybridized carbons (Fsp3) is 0.227. The molecule has 0 atom stereocenters. The first-order valence-electron chi connectivity index (χ1n) is 10.0. The molecule has 1 amide bonds. The van der Waals surface area contributed by atoms with Gasteiger partial charge in [-0.3, -0.25) is 4.79 Å². The lowest BCUT2D eigenvalue weighted by atomic mass is 10.1. The Labute approximate surface area is 173 Å². The number of amides is 1. The Morgan fingerprint density at radius 3 is 2.40 bits per heavy atom. The van der Waals surface area contributed by atoms with Crippen molar-refractivity contribution in [3.05, 3.63) is 72.3 Å². The molecule has 0 spiro atoms. The molecule has 0 unspecified atom stereocenters. The smallest absolute Gasteiger partial charge is 0.256 e. The molecule has 4 aromatic rings. The third kappa shape index (κ3) is 3.71. The van der Waals surface area contributed by atoms with Gasteiger partial charge in [0.05, 0.1) is 17.6 Å². The maximum absolute atomic E-state index is 12.9. The molecule has 8 nitrogen and oxygen atoms in total. The van der Waals surface area contributed by atoms with Gasteiger partial charge in [-0.2, -0.15) is 5.10 Å². The van der Waals surface area contributed by atoms with Crippen molar-refractivity contribution in [2.24, 2.45) is 0 Å². The highest BCUT2D eigenvalue weighted by Gasteiger charge is 2.21. The quantitative estimate of drug-likeness (QED) is 0.555. The maximum Gasteiger partial charge on any atom is 0.256 e. The molecule has 1 aliphatic heterocycles. The summed E-state index contributed by atoms with van der Waals surface area (Å²) in [6.07, 6.45) is 5.41. The van der Waals surface area contributed by atoms with Crippen LogP contribution >= 0.6 is 0 Å². The van der Waals surface area contributed by atoms with Crippen LogP contribution in [0.2, 0.25) is 0 Å². The van der Waals surface area contributed by atoms with Gasteiger partial charge in [0.25, 0.3) is 5.91 Å². The van der Waals surface area contributed by atoms with Crippen LogP contribution in [0.15, 0.2) is 61.2 Å². The second kappa shape index (κ2) is 7.90. The summed E-state index contributed by atoms with van der Waals surface area (Å²) < 4.78 is 1.74. The van der Waals surface area contributed by atoms with Crippen molar-refractivity contribution in [1.29, 1.82) is 0 Å². The highest BCUT2D eigenvalue weighted by atomic mass is 16.1. The molecule has 150 valence electrons. The lowest BCUT2D eigenvalue weighted by molar-refractivity contribution is 0.102. The molecule has 3 heterocycles. The molecule has 5 rings (SSSR count). The van der Waals surface area contributed by atoms with E-state index in [9.17, 15) is 4.79 Å². The molecule has 0 radical (unpaired) electrons. The van der Waals surface area contributed by atoms with Crippen molar-refractivity contribution < 1.29 is 4.79 Å². The Hall–Kier alpha value is -3.81. The van der Waals surface area contributed by atoms with Crippen LogP contribution in [-0.2, 0) is 6.54 Å². The van der Waals surface area contributed by atoms with Crippen LogP contribution in [0.1, 0.15) is 28.8 Å². The van der Waals surface area contributed by atoms with E-state index in [1.54, 1.807) is 11.0 Å². The normalized spacial score (nSPS) is 13.7. The minimum Gasteiger partial charge on any atom is -0.354 e. The van der Waals surface area contributed by atoms with Gasteiger partial charge in [0.15, 0.2) is 11.6 Å². The highest BCUT2D eigenvalue weighted by Crippen LogP contribution is 2.28. The van der Waals surface area contributed by atoms with Gasteiger partial charge in [-0.15, -0.1) is 0 Å². The van der Waals surface area contributed by atoms with Crippen LogP contribution in [0.4, 0.5) is 11.6 Å². The zero-order valence-electron chi connectivity index (χ0n) is 16.4. The van der Waals surface area contributed by atoms with Crippen molar-refractivity contribution in [2.75, 3.05) is 23.3 Å². The molecule has 2 aromatic carbocycles. The number of nitrogens with zero attached hydrogens (tertiary/aromatic N) is 6. The minimum atomic E-state index is -0.202. The first-order valence-corrected chi connectivity index (χ1v) is 10.0. The standard InChI is InChI=1S/C22H21N7O/c30-22(17-9-7-16(8-10-17)13-29-15-23-14-24-29)27-20-21(28-11-3-4-12-28)26-19-6-2-1-5-18(19)25-20/h1-2,5-10,14-15H,3-4,11-13H2,(H,25,27,30). The Bertz CT molecular complexity index is 1170. The van der Waals surface area contributed by atoms with E-state index in [0.29, 0.717) is 17.9 Å². The zero-order valence-corrected chi connectivity index (χ0v) is 16.4. The van der Waals surface area contributed by atoms with E-state index in [2.05, 4.69) is 20.3 Å². The number of hydrogen-bond acceptors (Lipinski definition) is 6. The summed E-state index contributed by atoms with van der Waals surface area (Å²) >= 11 is 0. The molecule has 1 aliphatic rings. The third-order valence-corrected chi connectivity index (χ3v) is 5.22. The Balaban J connectivity index is 1.40. The summed E-state index contributed by atoms with van der Waals surface area (Å²) in [5.41, 5.74) is 3.20. The predicted octanol–water partition coefficient (Wildman–Crippen LogP) is 3.12. The molecule has 1 saturated heterocycles. The lowest BCUT2D eigenvalue weighted by Gasteiger charge is -2.20. The van der Waals surface area contributed by atoms with Crippen LogP contribution in [0, 0.1) is 0 Å². The zero-order chi connectivity index (χ0) is 20.3. The van der Waals surface area contributed by atoms with E-state index in [4.69, 9.17) is 9.97 Å². The van der Waals surface area contributed by atoms with Crippen LogP contribution in [0.3, 0.4) is 0 Å². The Morgan fingerprint density at radius 1 is 0.967 bits per heavy atom. The van der Waals surface area contributed by atoms with E-state index < -0.39 is 0 Å². The molecule has 0 bridgehead atoms. The Morgan fingerprint density at radius 2 is 1.70 bits per heavy atom. The molecule has 1 fully saturated rings. The first kappa shape index (κ1) is 18.2. The summed E-state index contributed by atoms with van der Waals surface area (Å²) in [5, 5.41) is 7.08.